The van der Waals surface area contributed by atoms with Crippen molar-refractivity contribution >= 4 is 32.5 Å². The minimum absolute atomic E-state index is 0. The zero-order valence-corrected chi connectivity index (χ0v) is 18.8. The molecule has 128 valence electrons. The number of sulfone groups is 1. The van der Waals surface area contributed by atoms with Gasteiger partial charge in [-0.15, -0.1) is 0 Å². The molecular formula is C16H20ClNaO4S2. The molecule has 0 bridgehead atoms. The first-order valence-corrected chi connectivity index (χ1v) is 10.3. The minimum Gasteiger partial charge on any atom is -0.773 e. The van der Waals surface area contributed by atoms with Crippen molar-refractivity contribution in [3.63, 3.8) is 0 Å². The van der Waals surface area contributed by atoms with E-state index in [0.29, 0.717) is 4.90 Å². The molecule has 4 nitrogen and oxygen atoms in total. The zero-order chi connectivity index (χ0) is 18.0. The number of hydrogen-bond donors (Lipinski definition) is 0. The summed E-state index contributed by atoms with van der Waals surface area (Å²) in [5.41, 5.74) is 2.31. The Hall–Kier alpha value is -0.210. The van der Waals surface area contributed by atoms with Crippen LogP contribution in [0.2, 0.25) is 5.02 Å². The van der Waals surface area contributed by atoms with Crippen LogP contribution in [-0.2, 0) is 20.9 Å². The average molecular weight is 399 g/mol. The maximum Gasteiger partial charge on any atom is 1.00 e. The van der Waals surface area contributed by atoms with E-state index in [1.807, 2.05) is 38.1 Å². The Morgan fingerprint density at radius 1 is 0.917 bits per heavy atom. The molecule has 0 fully saturated rings. The molecule has 0 saturated carbocycles. The SMILES string of the molecule is CS(=O)[O-].Cc1ccc(Cl)cc1.Cc1ccc(S(C)(=O)=O)cc1.[Na+]. The number of rotatable bonds is 1. The fourth-order valence-electron chi connectivity index (χ4n) is 1.32. The molecule has 24 heavy (non-hydrogen) atoms. The molecule has 0 aromatic heterocycles. The quantitative estimate of drug-likeness (QED) is 0.519. The summed E-state index contributed by atoms with van der Waals surface area (Å²) in [7, 11) is -3.02. The molecule has 2 rings (SSSR count). The second kappa shape index (κ2) is 13.1. The first-order valence-electron chi connectivity index (χ1n) is 6.52. The van der Waals surface area contributed by atoms with Crippen molar-refractivity contribution in [2.75, 3.05) is 12.5 Å². The zero-order valence-electron chi connectivity index (χ0n) is 14.4. The monoisotopic (exact) mass is 398 g/mol. The summed E-state index contributed by atoms with van der Waals surface area (Å²) in [6, 6.07) is 14.6. The van der Waals surface area contributed by atoms with Crippen molar-refractivity contribution in [1.82, 2.24) is 0 Å². The molecule has 0 aliphatic rings. The summed E-state index contributed by atoms with van der Waals surface area (Å²) in [5.74, 6) is 0. The molecule has 1 atom stereocenters. The molecule has 2 aromatic rings. The van der Waals surface area contributed by atoms with Gasteiger partial charge in [-0.3, -0.25) is 4.21 Å². The summed E-state index contributed by atoms with van der Waals surface area (Å²) >= 11 is 3.75. The van der Waals surface area contributed by atoms with E-state index in [4.69, 9.17) is 20.4 Å². The minimum atomic E-state index is -3.02. The molecule has 0 radical (unpaired) electrons. The normalized spacial score (nSPS) is 10.9. The van der Waals surface area contributed by atoms with Gasteiger partial charge in [0.1, 0.15) is 0 Å². The third-order valence-electron chi connectivity index (χ3n) is 2.46. The Morgan fingerprint density at radius 3 is 1.46 bits per heavy atom. The first-order chi connectivity index (χ1) is 10.5. The van der Waals surface area contributed by atoms with Crippen LogP contribution in [0.15, 0.2) is 53.4 Å². The molecular weight excluding hydrogens is 379 g/mol. The molecule has 0 N–H and O–H groups in total. The maximum atomic E-state index is 10.9. The fraction of sp³-hybridized carbons (Fsp3) is 0.250. The third kappa shape index (κ3) is 14.2. The van der Waals surface area contributed by atoms with Gasteiger partial charge in [-0.05, 0) is 44.4 Å². The van der Waals surface area contributed by atoms with Gasteiger partial charge in [0.15, 0.2) is 9.84 Å². The van der Waals surface area contributed by atoms with Gasteiger partial charge in [-0.1, -0.05) is 58.1 Å². The van der Waals surface area contributed by atoms with E-state index in [1.54, 1.807) is 24.3 Å². The molecule has 2 aromatic carbocycles. The molecule has 8 heteroatoms. The molecule has 0 aliphatic carbocycles. The molecule has 0 amide bonds. The predicted molar refractivity (Wildman–Crippen MR) is 95.3 cm³/mol. The second-order valence-electron chi connectivity index (χ2n) is 4.78. The predicted octanol–water partition coefficient (Wildman–Crippen LogP) is 0.546. The van der Waals surface area contributed by atoms with Crippen LogP contribution >= 0.6 is 11.6 Å². The standard InChI is InChI=1S/C8H10O2S.C7H7Cl.CH4O2S.Na/c1-7-3-5-8(6-4-7)11(2,9)10;1-6-2-4-7(8)5-3-6;1-4(2)3;/h3-6H,1-2H3;2-5H,1H3;1H3,(H,2,3);/q;;;+1/p-1. The van der Waals surface area contributed by atoms with E-state index >= 15 is 0 Å². The van der Waals surface area contributed by atoms with Gasteiger partial charge in [0.05, 0.1) is 4.90 Å². The number of halogens is 1. The van der Waals surface area contributed by atoms with Crippen LogP contribution in [-0.4, -0.2) is 29.7 Å². The Bertz CT molecular complexity index is 690. The van der Waals surface area contributed by atoms with Crippen molar-refractivity contribution < 1.29 is 46.7 Å². The Kier molecular flexibility index (Phi) is 14.2. The Morgan fingerprint density at radius 2 is 1.21 bits per heavy atom. The van der Waals surface area contributed by atoms with E-state index in [-0.39, 0.29) is 29.6 Å². The van der Waals surface area contributed by atoms with Crippen LogP contribution in [0, 0.1) is 13.8 Å². The van der Waals surface area contributed by atoms with E-state index in [9.17, 15) is 8.42 Å². The topological polar surface area (TPSA) is 74.3 Å². The largest absolute Gasteiger partial charge is 1.00 e. The molecule has 0 spiro atoms. The van der Waals surface area contributed by atoms with Crippen LogP contribution in [0.4, 0.5) is 0 Å². The van der Waals surface area contributed by atoms with Gasteiger partial charge in [0.25, 0.3) is 0 Å². The molecule has 1 unspecified atom stereocenters. The first kappa shape index (κ1) is 26.0. The molecule has 0 aliphatic heterocycles. The van der Waals surface area contributed by atoms with Gasteiger partial charge in [-0.2, -0.15) is 0 Å². The second-order valence-corrected chi connectivity index (χ2v) is 8.04. The van der Waals surface area contributed by atoms with Gasteiger partial charge in [0.2, 0.25) is 0 Å². The third-order valence-corrected chi connectivity index (χ3v) is 3.84. The number of aryl methyl sites for hydroxylation is 2. The molecule has 0 saturated heterocycles. The van der Waals surface area contributed by atoms with E-state index in [0.717, 1.165) is 16.8 Å². The van der Waals surface area contributed by atoms with Crippen molar-refractivity contribution in [2.45, 2.75) is 18.7 Å². The summed E-state index contributed by atoms with van der Waals surface area (Å²) in [5, 5.41) is 0.801. The number of hydrogen-bond acceptors (Lipinski definition) is 4. The molecule has 0 heterocycles. The van der Waals surface area contributed by atoms with Crippen LogP contribution in [0.3, 0.4) is 0 Å². The van der Waals surface area contributed by atoms with Gasteiger partial charge in [0, 0.05) is 11.3 Å². The summed E-state index contributed by atoms with van der Waals surface area (Å²) in [4.78, 5) is 0.378. The Labute approximate surface area is 174 Å². The summed E-state index contributed by atoms with van der Waals surface area (Å²) in [6.07, 6.45) is 2.29. The van der Waals surface area contributed by atoms with Crippen LogP contribution in [0.5, 0.6) is 0 Å². The van der Waals surface area contributed by atoms with Crippen molar-refractivity contribution in [3.05, 3.63) is 64.7 Å². The van der Waals surface area contributed by atoms with E-state index in [1.165, 1.54) is 11.8 Å². The summed E-state index contributed by atoms with van der Waals surface area (Å²) in [6.45, 7) is 3.96. The van der Waals surface area contributed by atoms with Crippen molar-refractivity contribution in [2.24, 2.45) is 0 Å². The van der Waals surface area contributed by atoms with E-state index < -0.39 is 20.9 Å². The van der Waals surface area contributed by atoms with Gasteiger partial charge < -0.3 is 4.55 Å². The van der Waals surface area contributed by atoms with Gasteiger partial charge >= 0.3 is 29.6 Å². The smallest absolute Gasteiger partial charge is 0.773 e. The Balaban J connectivity index is 0. The van der Waals surface area contributed by atoms with E-state index in [2.05, 4.69) is 0 Å². The van der Waals surface area contributed by atoms with Crippen molar-refractivity contribution in [1.29, 1.82) is 0 Å². The fourth-order valence-corrected chi connectivity index (χ4v) is 2.08. The number of benzene rings is 2. The van der Waals surface area contributed by atoms with Crippen LogP contribution < -0.4 is 29.6 Å². The average Bonchev–Trinajstić information content (AvgIpc) is 2.42. The van der Waals surface area contributed by atoms with Crippen molar-refractivity contribution in [3.8, 4) is 0 Å². The van der Waals surface area contributed by atoms with Crippen LogP contribution in [0.25, 0.3) is 0 Å². The van der Waals surface area contributed by atoms with Crippen LogP contribution in [0.1, 0.15) is 11.1 Å². The van der Waals surface area contributed by atoms with Gasteiger partial charge in [-0.25, -0.2) is 8.42 Å². The summed E-state index contributed by atoms with van der Waals surface area (Å²) < 4.78 is 39.9. The maximum absolute atomic E-state index is 10.9.